The summed E-state index contributed by atoms with van der Waals surface area (Å²) in [6, 6.07) is 5.18. The standard InChI is InChI=1S/C13H17NO4/c1-8(2)18-13(17)12(14-9(3)15)10-4-6-11(16)7-5-10/h4-8,12,16H,1-3H3,(H,14,15). The molecule has 5 nitrogen and oxygen atoms in total. The topological polar surface area (TPSA) is 75.6 Å². The van der Waals surface area contributed by atoms with Gasteiger partial charge in [0.05, 0.1) is 6.10 Å². The molecule has 5 heteroatoms. The first-order chi connectivity index (χ1) is 8.40. The maximum atomic E-state index is 11.9. The van der Waals surface area contributed by atoms with Crippen molar-refractivity contribution < 1.29 is 19.4 Å². The van der Waals surface area contributed by atoms with Crippen LogP contribution in [0.2, 0.25) is 0 Å². The Morgan fingerprint density at radius 3 is 2.22 bits per heavy atom. The summed E-state index contributed by atoms with van der Waals surface area (Å²) in [5, 5.41) is 11.7. The fourth-order valence-corrected chi connectivity index (χ4v) is 1.45. The van der Waals surface area contributed by atoms with Crippen molar-refractivity contribution in [2.75, 3.05) is 0 Å². The molecule has 98 valence electrons. The minimum Gasteiger partial charge on any atom is -0.508 e. The van der Waals surface area contributed by atoms with Crippen molar-refractivity contribution in [3.8, 4) is 5.75 Å². The van der Waals surface area contributed by atoms with E-state index in [1.165, 1.54) is 19.1 Å². The van der Waals surface area contributed by atoms with Gasteiger partial charge in [0, 0.05) is 6.92 Å². The average Bonchev–Trinajstić information content (AvgIpc) is 2.26. The Hall–Kier alpha value is -2.04. The molecule has 1 aromatic carbocycles. The average molecular weight is 251 g/mol. The molecule has 1 rings (SSSR count). The fraction of sp³-hybridized carbons (Fsp3) is 0.385. The molecule has 0 aliphatic heterocycles. The predicted octanol–water partition coefficient (Wildman–Crippen LogP) is 1.52. The van der Waals surface area contributed by atoms with Gasteiger partial charge < -0.3 is 15.2 Å². The first kappa shape index (κ1) is 14.0. The van der Waals surface area contributed by atoms with Crippen molar-refractivity contribution in [2.24, 2.45) is 0 Å². The highest BCUT2D eigenvalue weighted by molar-refractivity contribution is 5.84. The molecule has 0 radical (unpaired) electrons. The predicted molar refractivity (Wildman–Crippen MR) is 65.9 cm³/mol. The van der Waals surface area contributed by atoms with Crippen LogP contribution in [-0.4, -0.2) is 23.1 Å². The largest absolute Gasteiger partial charge is 0.508 e. The van der Waals surface area contributed by atoms with Gasteiger partial charge in [-0.15, -0.1) is 0 Å². The number of phenolic OH excluding ortho intramolecular Hbond substituents is 1. The number of aromatic hydroxyl groups is 1. The number of esters is 1. The van der Waals surface area contributed by atoms with E-state index in [9.17, 15) is 14.7 Å². The summed E-state index contributed by atoms with van der Waals surface area (Å²) in [5.74, 6) is -0.753. The van der Waals surface area contributed by atoms with Crippen LogP contribution < -0.4 is 5.32 Å². The van der Waals surface area contributed by atoms with Gasteiger partial charge in [-0.05, 0) is 31.5 Å². The van der Waals surface area contributed by atoms with Crippen molar-refractivity contribution in [1.29, 1.82) is 0 Å². The highest BCUT2D eigenvalue weighted by Gasteiger charge is 2.23. The van der Waals surface area contributed by atoms with Gasteiger partial charge in [-0.1, -0.05) is 12.1 Å². The molecule has 0 saturated carbocycles. The zero-order valence-electron chi connectivity index (χ0n) is 10.6. The first-order valence-corrected chi connectivity index (χ1v) is 5.66. The summed E-state index contributed by atoms with van der Waals surface area (Å²) in [6.07, 6.45) is -0.258. The van der Waals surface area contributed by atoms with Crippen LogP contribution in [0.5, 0.6) is 5.75 Å². The van der Waals surface area contributed by atoms with Crippen molar-refractivity contribution >= 4 is 11.9 Å². The van der Waals surface area contributed by atoms with Gasteiger partial charge in [0.1, 0.15) is 5.75 Å². The number of carbonyl (C=O) groups is 2. The van der Waals surface area contributed by atoms with E-state index in [-0.39, 0.29) is 17.8 Å². The van der Waals surface area contributed by atoms with E-state index in [4.69, 9.17) is 4.74 Å². The van der Waals surface area contributed by atoms with E-state index in [2.05, 4.69) is 5.32 Å². The molecule has 0 aliphatic carbocycles. The van der Waals surface area contributed by atoms with E-state index < -0.39 is 12.0 Å². The number of nitrogens with one attached hydrogen (secondary N) is 1. The van der Waals surface area contributed by atoms with E-state index in [1.807, 2.05) is 0 Å². The summed E-state index contributed by atoms with van der Waals surface area (Å²) in [7, 11) is 0. The molecule has 18 heavy (non-hydrogen) atoms. The van der Waals surface area contributed by atoms with Crippen LogP contribution in [0.4, 0.5) is 0 Å². The highest BCUT2D eigenvalue weighted by atomic mass is 16.5. The molecule has 0 bridgehead atoms. The quantitative estimate of drug-likeness (QED) is 0.795. The van der Waals surface area contributed by atoms with Crippen LogP contribution >= 0.6 is 0 Å². The molecule has 2 N–H and O–H groups in total. The third-order valence-electron chi connectivity index (χ3n) is 2.16. The van der Waals surface area contributed by atoms with E-state index >= 15 is 0 Å². The molecule has 1 aromatic rings. The minimum absolute atomic E-state index is 0.0950. The molecule has 0 heterocycles. The SMILES string of the molecule is CC(=O)NC(C(=O)OC(C)C)c1ccc(O)cc1. The van der Waals surface area contributed by atoms with Gasteiger partial charge in [0.2, 0.25) is 5.91 Å². The van der Waals surface area contributed by atoms with Gasteiger partial charge in [-0.3, -0.25) is 4.79 Å². The summed E-state index contributed by atoms with van der Waals surface area (Å²) < 4.78 is 5.08. The van der Waals surface area contributed by atoms with Crippen molar-refractivity contribution in [3.05, 3.63) is 29.8 Å². The lowest BCUT2D eigenvalue weighted by atomic mass is 10.1. The van der Waals surface area contributed by atoms with Gasteiger partial charge in [0.25, 0.3) is 0 Å². The number of rotatable bonds is 4. The minimum atomic E-state index is -0.856. The summed E-state index contributed by atoms with van der Waals surface area (Å²) in [5.41, 5.74) is 0.564. The maximum Gasteiger partial charge on any atom is 0.333 e. The third kappa shape index (κ3) is 4.08. The molecule has 0 fully saturated rings. The zero-order valence-corrected chi connectivity index (χ0v) is 10.6. The van der Waals surface area contributed by atoms with Crippen molar-refractivity contribution in [1.82, 2.24) is 5.32 Å². The maximum absolute atomic E-state index is 11.9. The number of benzene rings is 1. The van der Waals surface area contributed by atoms with E-state index in [1.54, 1.807) is 26.0 Å². The lowest BCUT2D eigenvalue weighted by molar-refractivity contribution is -0.151. The van der Waals surface area contributed by atoms with Gasteiger partial charge >= 0.3 is 5.97 Å². The van der Waals surface area contributed by atoms with Crippen LogP contribution in [0.3, 0.4) is 0 Å². The second-order valence-corrected chi connectivity index (χ2v) is 4.21. The molecule has 0 spiro atoms. The van der Waals surface area contributed by atoms with Crippen LogP contribution in [0.25, 0.3) is 0 Å². The number of hydrogen-bond donors (Lipinski definition) is 2. The molecule has 1 unspecified atom stereocenters. The Bertz CT molecular complexity index is 425. The first-order valence-electron chi connectivity index (χ1n) is 5.66. The normalized spacial score (nSPS) is 12.0. The Balaban J connectivity index is 2.93. The van der Waals surface area contributed by atoms with Gasteiger partial charge in [0.15, 0.2) is 6.04 Å². The molecule has 0 aliphatic rings. The molecule has 0 aromatic heterocycles. The Morgan fingerprint density at radius 2 is 1.78 bits per heavy atom. The Morgan fingerprint density at radius 1 is 1.22 bits per heavy atom. The van der Waals surface area contributed by atoms with Crippen LogP contribution in [0.15, 0.2) is 24.3 Å². The highest BCUT2D eigenvalue weighted by Crippen LogP contribution is 2.18. The lowest BCUT2D eigenvalue weighted by Gasteiger charge is -2.18. The summed E-state index contributed by atoms with van der Waals surface area (Å²) >= 11 is 0. The number of phenols is 1. The summed E-state index contributed by atoms with van der Waals surface area (Å²) in [4.78, 5) is 23.0. The number of carbonyl (C=O) groups excluding carboxylic acids is 2. The van der Waals surface area contributed by atoms with Crippen molar-refractivity contribution in [2.45, 2.75) is 32.9 Å². The number of hydrogen-bond acceptors (Lipinski definition) is 4. The van der Waals surface area contributed by atoms with Gasteiger partial charge in [-0.25, -0.2) is 4.79 Å². The molecular weight excluding hydrogens is 234 g/mol. The van der Waals surface area contributed by atoms with Crippen LogP contribution in [-0.2, 0) is 14.3 Å². The molecule has 1 amide bonds. The number of amides is 1. The smallest absolute Gasteiger partial charge is 0.333 e. The molecular formula is C13H17NO4. The van der Waals surface area contributed by atoms with E-state index in [0.717, 1.165) is 0 Å². The van der Waals surface area contributed by atoms with Crippen LogP contribution in [0, 0.1) is 0 Å². The third-order valence-corrected chi connectivity index (χ3v) is 2.16. The Labute approximate surface area is 106 Å². The van der Waals surface area contributed by atoms with E-state index in [0.29, 0.717) is 5.56 Å². The number of ether oxygens (including phenoxy) is 1. The fourth-order valence-electron chi connectivity index (χ4n) is 1.45. The van der Waals surface area contributed by atoms with Crippen molar-refractivity contribution in [3.63, 3.8) is 0 Å². The zero-order chi connectivity index (χ0) is 13.7. The van der Waals surface area contributed by atoms with Crippen LogP contribution in [0.1, 0.15) is 32.4 Å². The monoisotopic (exact) mass is 251 g/mol. The van der Waals surface area contributed by atoms with Gasteiger partial charge in [-0.2, -0.15) is 0 Å². The second-order valence-electron chi connectivity index (χ2n) is 4.21. The Kier molecular flexibility index (Phi) is 4.71. The second kappa shape index (κ2) is 6.05. The molecule has 1 atom stereocenters. The lowest BCUT2D eigenvalue weighted by Crippen LogP contribution is -2.34. The molecule has 0 saturated heterocycles. The summed E-state index contributed by atoms with van der Waals surface area (Å²) in [6.45, 7) is 4.80.